The fraction of sp³-hybridized carbons (Fsp3) is 0.0769. The van der Waals surface area contributed by atoms with E-state index >= 15 is 0 Å². The predicted molar refractivity (Wildman–Crippen MR) is 74.3 cm³/mol. The van der Waals surface area contributed by atoms with Crippen LogP contribution in [-0.2, 0) is 10.1 Å². The van der Waals surface area contributed by atoms with Crippen LogP contribution in [0.2, 0.25) is 5.02 Å². The molecule has 0 fully saturated rings. The van der Waals surface area contributed by atoms with Crippen molar-refractivity contribution in [3.63, 3.8) is 0 Å². The number of benzene rings is 2. The molecule has 2 aromatic carbocycles. The molecule has 9 heteroatoms. The summed E-state index contributed by atoms with van der Waals surface area (Å²) in [7, 11) is -5.79. The van der Waals surface area contributed by atoms with Gasteiger partial charge in [-0.05, 0) is 24.3 Å². The summed E-state index contributed by atoms with van der Waals surface area (Å²) in [6.07, 6.45) is 0. The van der Waals surface area contributed by atoms with Crippen LogP contribution in [0.3, 0.4) is 0 Å². The zero-order valence-electron chi connectivity index (χ0n) is 10.5. The van der Waals surface area contributed by atoms with Crippen LogP contribution in [0.25, 0.3) is 21.9 Å². The van der Waals surface area contributed by atoms with Crippen molar-refractivity contribution in [1.29, 1.82) is 0 Å². The molecule has 116 valence electrons. The SMILES string of the molecule is O=S(=O)(Oc1cccc2oc3cccc(Cl)c3c12)C(F)(F)F. The first-order chi connectivity index (χ1) is 10.2. The molecule has 0 amide bonds. The van der Waals surface area contributed by atoms with Crippen LogP contribution in [0.15, 0.2) is 40.8 Å². The van der Waals surface area contributed by atoms with Gasteiger partial charge in [-0.2, -0.15) is 21.6 Å². The first-order valence-electron chi connectivity index (χ1n) is 5.81. The Morgan fingerprint density at radius 3 is 2.23 bits per heavy atom. The fourth-order valence-electron chi connectivity index (χ4n) is 2.03. The van der Waals surface area contributed by atoms with E-state index < -0.39 is 21.4 Å². The van der Waals surface area contributed by atoms with Crippen molar-refractivity contribution in [2.45, 2.75) is 5.51 Å². The lowest BCUT2D eigenvalue weighted by Gasteiger charge is -2.10. The third kappa shape index (κ3) is 2.28. The van der Waals surface area contributed by atoms with Crippen molar-refractivity contribution >= 4 is 43.7 Å². The molecule has 0 aliphatic rings. The second-order valence-electron chi connectivity index (χ2n) is 4.33. The third-order valence-corrected chi connectivity index (χ3v) is 4.20. The van der Waals surface area contributed by atoms with Gasteiger partial charge in [0.15, 0.2) is 5.75 Å². The van der Waals surface area contributed by atoms with Gasteiger partial charge in [-0.25, -0.2) is 0 Å². The second kappa shape index (κ2) is 4.79. The highest BCUT2D eigenvalue weighted by molar-refractivity contribution is 7.88. The average molecular weight is 351 g/mol. The molecule has 0 saturated heterocycles. The van der Waals surface area contributed by atoms with Gasteiger partial charge in [0.25, 0.3) is 0 Å². The molecule has 1 aromatic heterocycles. The number of fused-ring (bicyclic) bond motifs is 3. The lowest BCUT2D eigenvalue weighted by Crippen LogP contribution is -2.28. The first kappa shape index (κ1) is 15.0. The van der Waals surface area contributed by atoms with E-state index in [1.807, 2.05) is 0 Å². The minimum atomic E-state index is -5.79. The summed E-state index contributed by atoms with van der Waals surface area (Å²) in [6.45, 7) is 0. The fourth-order valence-corrected chi connectivity index (χ4v) is 2.76. The average Bonchev–Trinajstić information content (AvgIpc) is 2.77. The molecule has 0 bridgehead atoms. The maximum atomic E-state index is 12.5. The van der Waals surface area contributed by atoms with Gasteiger partial charge in [0.1, 0.15) is 11.2 Å². The maximum Gasteiger partial charge on any atom is 0.534 e. The first-order valence-corrected chi connectivity index (χ1v) is 7.60. The zero-order valence-corrected chi connectivity index (χ0v) is 12.1. The molecule has 3 aromatic rings. The van der Waals surface area contributed by atoms with Crippen LogP contribution in [0.1, 0.15) is 0 Å². The van der Waals surface area contributed by atoms with E-state index in [0.29, 0.717) is 5.58 Å². The summed E-state index contributed by atoms with van der Waals surface area (Å²) < 4.78 is 69.5. The highest BCUT2D eigenvalue weighted by Crippen LogP contribution is 2.40. The molecule has 0 radical (unpaired) electrons. The number of alkyl halides is 3. The van der Waals surface area contributed by atoms with Gasteiger partial charge in [0.2, 0.25) is 0 Å². The van der Waals surface area contributed by atoms with Crippen LogP contribution in [-0.4, -0.2) is 13.9 Å². The topological polar surface area (TPSA) is 56.5 Å². The summed E-state index contributed by atoms with van der Waals surface area (Å²) in [5.41, 5.74) is -5.06. The van der Waals surface area contributed by atoms with Crippen molar-refractivity contribution < 1.29 is 30.2 Å². The van der Waals surface area contributed by atoms with Crippen LogP contribution < -0.4 is 4.18 Å². The number of furan rings is 1. The smallest absolute Gasteiger partial charge is 0.456 e. The zero-order chi connectivity index (χ0) is 16.1. The Kier molecular flexibility index (Phi) is 3.26. The van der Waals surface area contributed by atoms with Gasteiger partial charge in [-0.3, -0.25) is 0 Å². The summed E-state index contributed by atoms with van der Waals surface area (Å²) >= 11 is 6.02. The van der Waals surface area contributed by atoms with Crippen LogP contribution in [0.5, 0.6) is 5.75 Å². The lowest BCUT2D eigenvalue weighted by atomic mass is 10.1. The van der Waals surface area contributed by atoms with E-state index in [2.05, 4.69) is 4.18 Å². The van der Waals surface area contributed by atoms with E-state index in [4.69, 9.17) is 16.0 Å². The van der Waals surface area contributed by atoms with E-state index in [-0.39, 0.29) is 21.4 Å². The normalized spacial score (nSPS) is 12.9. The molecule has 0 saturated carbocycles. The molecule has 1 heterocycles. The summed E-state index contributed by atoms with van der Waals surface area (Å²) in [5.74, 6) is -0.498. The molecular weight excluding hydrogens is 345 g/mol. The van der Waals surface area contributed by atoms with Crippen molar-refractivity contribution in [3.8, 4) is 5.75 Å². The quantitative estimate of drug-likeness (QED) is 0.505. The monoisotopic (exact) mass is 350 g/mol. The second-order valence-corrected chi connectivity index (χ2v) is 6.27. The Hall–Kier alpha value is -1.93. The van der Waals surface area contributed by atoms with Gasteiger partial charge < -0.3 is 8.60 Å². The van der Waals surface area contributed by atoms with E-state index in [1.54, 1.807) is 12.1 Å². The van der Waals surface area contributed by atoms with Crippen molar-refractivity contribution in [2.24, 2.45) is 0 Å². The van der Waals surface area contributed by atoms with Gasteiger partial charge in [-0.1, -0.05) is 23.7 Å². The van der Waals surface area contributed by atoms with Crippen molar-refractivity contribution in [1.82, 2.24) is 0 Å². The lowest BCUT2D eigenvalue weighted by molar-refractivity contribution is -0.0499. The number of hydrogen-bond donors (Lipinski definition) is 0. The molecule has 0 unspecified atom stereocenters. The highest BCUT2D eigenvalue weighted by Gasteiger charge is 2.48. The molecule has 22 heavy (non-hydrogen) atoms. The summed E-state index contributed by atoms with van der Waals surface area (Å²) in [5, 5.41) is 0.555. The Morgan fingerprint density at radius 1 is 1.00 bits per heavy atom. The van der Waals surface area contributed by atoms with Crippen LogP contribution in [0, 0.1) is 0 Å². The van der Waals surface area contributed by atoms with E-state index in [1.165, 1.54) is 18.2 Å². The molecule has 3 rings (SSSR count). The highest BCUT2D eigenvalue weighted by atomic mass is 35.5. The maximum absolute atomic E-state index is 12.5. The standard InChI is InChI=1S/C13H6ClF3O4S/c14-7-3-1-4-8-11(7)12-9(20-8)5-2-6-10(12)21-22(18,19)13(15,16)17/h1-6H. The third-order valence-electron chi connectivity index (χ3n) is 2.92. The molecule has 0 N–H and O–H groups in total. The molecule has 0 atom stereocenters. The van der Waals surface area contributed by atoms with Gasteiger partial charge in [-0.15, -0.1) is 0 Å². The summed E-state index contributed by atoms with van der Waals surface area (Å²) in [4.78, 5) is 0. The predicted octanol–water partition coefficient (Wildman–Crippen LogP) is 4.47. The van der Waals surface area contributed by atoms with Crippen molar-refractivity contribution in [3.05, 3.63) is 41.4 Å². The number of hydrogen-bond acceptors (Lipinski definition) is 4. The van der Waals surface area contributed by atoms with Gasteiger partial charge >= 0.3 is 15.6 Å². The Morgan fingerprint density at radius 2 is 1.59 bits per heavy atom. The van der Waals surface area contributed by atoms with Crippen LogP contribution >= 0.6 is 11.6 Å². The molecule has 4 nitrogen and oxygen atoms in total. The van der Waals surface area contributed by atoms with E-state index in [9.17, 15) is 21.6 Å². The van der Waals surface area contributed by atoms with Gasteiger partial charge in [0, 0.05) is 0 Å². The molecule has 0 aliphatic carbocycles. The molecule has 0 aliphatic heterocycles. The molecule has 0 spiro atoms. The summed E-state index contributed by atoms with van der Waals surface area (Å²) in [6, 6.07) is 8.56. The van der Waals surface area contributed by atoms with Crippen LogP contribution in [0.4, 0.5) is 13.2 Å². The number of halogens is 4. The Bertz CT molecular complexity index is 976. The van der Waals surface area contributed by atoms with Crippen molar-refractivity contribution in [2.75, 3.05) is 0 Å². The minimum absolute atomic E-state index is 0.0657. The number of rotatable bonds is 2. The largest absolute Gasteiger partial charge is 0.534 e. The van der Waals surface area contributed by atoms with Gasteiger partial charge in [0.05, 0.1) is 15.8 Å². The molecular formula is C13H6ClF3O4S. The van der Waals surface area contributed by atoms with E-state index in [0.717, 1.165) is 6.07 Å². The Labute approximate surface area is 127 Å². The minimum Gasteiger partial charge on any atom is -0.456 e. The Balaban J connectivity index is 2.30.